The fraction of sp³-hybridized carbons (Fsp3) is 0. The average molecular weight is 413 g/mol. The van der Waals surface area contributed by atoms with Gasteiger partial charge >= 0.3 is 0 Å². The van der Waals surface area contributed by atoms with E-state index in [0.29, 0.717) is 11.4 Å². The second-order valence-corrected chi connectivity index (χ2v) is 7.94. The zero-order valence-corrected chi connectivity index (χ0v) is 17.1. The molecule has 0 spiro atoms. The fourth-order valence-corrected chi connectivity index (χ4v) is 4.87. The third-order valence-corrected chi connectivity index (χ3v) is 6.21. The van der Waals surface area contributed by atoms with E-state index < -0.39 is 0 Å². The highest BCUT2D eigenvalue weighted by Gasteiger charge is 2.14. The first kappa shape index (κ1) is 13.9. The molecule has 0 amide bonds. The van der Waals surface area contributed by atoms with E-state index in [2.05, 4.69) is 0 Å². The lowest BCUT2D eigenvalue weighted by molar-refractivity contribution is 1.13. The van der Waals surface area contributed by atoms with Crippen LogP contribution in [0.4, 0.5) is 0 Å². The summed E-state index contributed by atoms with van der Waals surface area (Å²) in [5, 5.41) is 4.08. The van der Waals surface area contributed by atoms with Gasteiger partial charge in [0.2, 0.25) is 0 Å². The van der Waals surface area contributed by atoms with E-state index in [1.807, 2.05) is 106 Å². The molecule has 2 heterocycles. The zero-order chi connectivity index (χ0) is 24.6. The van der Waals surface area contributed by atoms with Gasteiger partial charge in [0.15, 0.2) is 0 Å². The number of rotatable bonds is 2. The highest BCUT2D eigenvalue weighted by molar-refractivity contribution is 6.10. The summed E-state index contributed by atoms with van der Waals surface area (Å²) in [7, 11) is 0. The topological polar surface area (TPSA) is 9.86 Å². The smallest absolute Gasteiger partial charge is 0.0667 e. The normalized spacial score (nSPS) is 13.5. The summed E-state index contributed by atoms with van der Waals surface area (Å²) < 4.78 is 39.8. The van der Waals surface area contributed by atoms with E-state index in [1.165, 1.54) is 0 Å². The second-order valence-electron chi connectivity index (χ2n) is 7.94. The van der Waals surface area contributed by atoms with Crippen LogP contribution in [0.2, 0.25) is 0 Å². The van der Waals surface area contributed by atoms with Crippen LogP contribution in [0.3, 0.4) is 0 Å². The number of hydrogen-bond donors (Lipinski definition) is 0. The summed E-state index contributed by atoms with van der Waals surface area (Å²) in [6.45, 7) is 0. The lowest BCUT2D eigenvalue weighted by Gasteiger charge is -2.12. The molecular weight excluding hydrogens is 388 g/mol. The minimum Gasteiger partial charge on any atom is -0.309 e. The van der Waals surface area contributed by atoms with Gasteiger partial charge in [-0.3, -0.25) is 0 Å². The molecule has 150 valence electrons. The SMILES string of the molecule is [2H]c1c([2H])c(-n2c3ccccc3c3ccccc32)c([2H])c(-n2c3ccccc3c3ccccc32)c1[2H]. The second kappa shape index (κ2) is 6.60. The number of nitrogens with zero attached hydrogens (tertiary/aromatic N) is 2. The predicted octanol–water partition coefficient (Wildman–Crippen LogP) is 7.88. The van der Waals surface area contributed by atoms with E-state index in [-0.39, 0.29) is 24.2 Å². The van der Waals surface area contributed by atoms with Crippen molar-refractivity contribution in [2.45, 2.75) is 0 Å². The van der Waals surface area contributed by atoms with Crippen molar-refractivity contribution in [3.8, 4) is 11.4 Å². The Kier molecular flexibility index (Phi) is 2.86. The molecule has 0 aliphatic carbocycles. The first-order chi connectivity index (χ1) is 17.6. The van der Waals surface area contributed by atoms with Gasteiger partial charge in [-0.25, -0.2) is 0 Å². The monoisotopic (exact) mass is 412 g/mol. The van der Waals surface area contributed by atoms with Gasteiger partial charge in [-0.05, 0) is 42.4 Å². The Hall–Kier alpha value is -4.30. The van der Waals surface area contributed by atoms with Crippen LogP contribution in [0.15, 0.2) is 121 Å². The Balaban J connectivity index is 1.68. The molecule has 5 aromatic carbocycles. The fourth-order valence-electron chi connectivity index (χ4n) is 4.87. The molecule has 0 unspecified atom stereocenters. The van der Waals surface area contributed by atoms with Gasteiger partial charge in [0.05, 0.1) is 27.5 Å². The van der Waals surface area contributed by atoms with Crippen molar-refractivity contribution in [3.05, 3.63) is 121 Å². The van der Waals surface area contributed by atoms with Crippen molar-refractivity contribution in [2.24, 2.45) is 0 Å². The van der Waals surface area contributed by atoms with Gasteiger partial charge in [-0.2, -0.15) is 0 Å². The van der Waals surface area contributed by atoms with E-state index in [1.54, 1.807) is 0 Å². The van der Waals surface area contributed by atoms with E-state index in [9.17, 15) is 1.37 Å². The summed E-state index contributed by atoms with van der Waals surface area (Å²) in [6.07, 6.45) is 0. The quantitative estimate of drug-likeness (QED) is 0.273. The molecule has 2 nitrogen and oxygen atoms in total. The summed E-state index contributed by atoms with van der Waals surface area (Å²) in [6, 6.07) is 31.4. The van der Waals surface area contributed by atoms with Gasteiger partial charge in [0, 0.05) is 32.9 Å². The summed E-state index contributed by atoms with van der Waals surface area (Å²) >= 11 is 0. The molecule has 0 radical (unpaired) electrons. The molecule has 0 bridgehead atoms. The minimum absolute atomic E-state index is 0.0546. The minimum atomic E-state index is -0.195. The lowest BCUT2D eigenvalue weighted by Crippen LogP contribution is -1.98. The van der Waals surface area contributed by atoms with Gasteiger partial charge in [0.1, 0.15) is 0 Å². The maximum atomic E-state index is 9.41. The van der Waals surface area contributed by atoms with Crippen LogP contribution >= 0.6 is 0 Å². The van der Waals surface area contributed by atoms with Crippen molar-refractivity contribution in [1.82, 2.24) is 9.13 Å². The van der Waals surface area contributed by atoms with Crippen LogP contribution in [0.25, 0.3) is 55.0 Å². The predicted molar refractivity (Wildman–Crippen MR) is 135 cm³/mol. The van der Waals surface area contributed by atoms with Crippen LogP contribution in [-0.2, 0) is 0 Å². The van der Waals surface area contributed by atoms with Gasteiger partial charge < -0.3 is 9.13 Å². The third kappa shape index (κ3) is 2.35. The van der Waals surface area contributed by atoms with E-state index in [4.69, 9.17) is 4.11 Å². The van der Waals surface area contributed by atoms with Crippen LogP contribution in [0, 0.1) is 0 Å². The maximum Gasteiger partial charge on any atom is 0.0667 e. The van der Waals surface area contributed by atoms with Gasteiger partial charge in [-0.15, -0.1) is 0 Å². The summed E-state index contributed by atoms with van der Waals surface area (Å²) in [5.74, 6) is 0. The van der Waals surface area contributed by atoms with Gasteiger partial charge in [0.25, 0.3) is 0 Å². The largest absolute Gasteiger partial charge is 0.309 e. The van der Waals surface area contributed by atoms with Crippen molar-refractivity contribution in [3.63, 3.8) is 0 Å². The molecule has 0 aliphatic heterocycles. The Morgan fingerprint density at radius 1 is 0.438 bits per heavy atom. The summed E-state index contributed by atoms with van der Waals surface area (Å²) in [5.41, 5.74) is 4.09. The number of benzene rings is 5. The molecule has 0 fully saturated rings. The van der Waals surface area contributed by atoms with Gasteiger partial charge in [-0.1, -0.05) is 78.8 Å². The number of aromatic nitrogens is 2. The highest BCUT2D eigenvalue weighted by Crippen LogP contribution is 2.35. The molecule has 7 rings (SSSR count). The van der Waals surface area contributed by atoms with E-state index in [0.717, 1.165) is 43.6 Å². The average Bonchev–Trinajstić information content (AvgIpc) is 3.42. The number of fused-ring (bicyclic) bond motifs is 6. The van der Waals surface area contributed by atoms with Crippen molar-refractivity contribution in [2.75, 3.05) is 0 Å². The molecule has 0 saturated heterocycles. The van der Waals surface area contributed by atoms with Crippen molar-refractivity contribution in [1.29, 1.82) is 0 Å². The molecule has 0 aliphatic rings. The molecule has 0 N–H and O–H groups in total. The van der Waals surface area contributed by atoms with Crippen molar-refractivity contribution < 1.29 is 5.48 Å². The zero-order valence-electron chi connectivity index (χ0n) is 21.1. The first-order valence-corrected chi connectivity index (χ1v) is 10.7. The van der Waals surface area contributed by atoms with Crippen LogP contribution in [0.5, 0.6) is 0 Å². The lowest BCUT2D eigenvalue weighted by atomic mass is 10.2. The molecular formula is C30H20N2. The molecule has 2 aromatic heterocycles. The highest BCUT2D eigenvalue weighted by atomic mass is 15.0. The molecule has 7 aromatic rings. The Morgan fingerprint density at radius 2 is 0.750 bits per heavy atom. The number of hydrogen-bond acceptors (Lipinski definition) is 0. The molecule has 32 heavy (non-hydrogen) atoms. The maximum absolute atomic E-state index is 9.41. The molecule has 0 saturated carbocycles. The Labute approximate surface area is 191 Å². The van der Waals surface area contributed by atoms with E-state index >= 15 is 0 Å². The standard InChI is InChI=1S/C30H20N2/c1-5-16-27-23(12-1)24-13-2-6-17-28(24)31(27)21-10-9-11-22(20-21)32-29-18-7-3-14-25(29)26-15-4-8-19-30(26)32/h1-20H/i9D,10D,11D,20D. The Bertz CT molecular complexity index is 1750. The molecule has 2 heteroatoms. The van der Waals surface area contributed by atoms with Crippen molar-refractivity contribution >= 4 is 43.6 Å². The van der Waals surface area contributed by atoms with Crippen LogP contribution in [0.1, 0.15) is 5.48 Å². The van der Waals surface area contributed by atoms with Crippen LogP contribution < -0.4 is 0 Å². The third-order valence-electron chi connectivity index (χ3n) is 6.21. The molecule has 0 atom stereocenters. The summed E-state index contributed by atoms with van der Waals surface area (Å²) in [4.78, 5) is 0. The first-order valence-electron chi connectivity index (χ1n) is 12.7. The van der Waals surface area contributed by atoms with Crippen LogP contribution in [-0.4, -0.2) is 9.13 Å². The Morgan fingerprint density at radius 3 is 1.09 bits per heavy atom. The number of para-hydroxylation sites is 4.